The minimum absolute atomic E-state index is 0.00597. The fourth-order valence-electron chi connectivity index (χ4n) is 2.45. The van der Waals surface area contributed by atoms with Gasteiger partial charge in [0.25, 0.3) is 11.8 Å². The first-order chi connectivity index (χ1) is 9.75. The average Bonchev–Trinajstić information content (AvgIpc) is 2.49. The van der Waals surface area contributed by atoms with Gasteiger partial charge < -0.3 is 14.5 Å². The molecule has 0 saturated carbocycles. The number of anilines is 2. The van der Waals surface area contributed by atoms with Crippen molar-refractivity contribution in [2.45, 2.75) is 6.42 Å². The van der Waals surface area contributed by atoms with Gasteiger partial charge in [-0.2, -0.15) is 0 Å². The molecule has 0 bridgehead atoms. The zero-order chi connectivity index (χ0) is 13.9. The molecule has 20 heavy (non-hydrogen) atoms. The van der Waals surface area contributed by atoms with E-state index in [0.29, 0.717) is 19.7 Å². The van der Waals surface area contributed by atoms with Crippen LogP contribution in [0.4, 0.5) is 11.4 Å². The quantitative estimate of drug-likeness (QED) is 0.816. The Bertz CT molecular complexity index is 551. The smallest absolute Gasteiger partial charge is 0.253 e. The molecule has 2 aliphatic rings. The summed E-state index contributed by atoms with van der Waals surface area (Å²) in [6, 6.07) is 7.53. The predicted molar refractivity (Wildman–Crippen MR) is 75.7 cm³/mol. The third-order valence-electron chi connectivity index (χ3n) is 3.50. The molecule has 104 valence electrons. The Labute approximate surface area is 117 Å². The van der Waals surface area contributed by atoms with E-state index in [4.69, 9.17) is 4.74 Å². The lowest BCUT2D eigenvalue weighted by molar-refractivity contribution is -0.125. The van der Waals surface area contributed by atoms with Crippen molar-refractivity contribution in [3.05, 3.63) is 36.4 Å². The molecule has 0 N–H and O–H groups in total. The van der Waals surface area contributed by atoms with Crippen LogP contribution in [0.25, 0.3) is 0 Å². The number of carbonyl (C=O) groups is 2. The van der Waals surface area contributed by atoms with E-state index in [1.807, 2.05) is 30.3 Å². The van der Waals surface area contributed by atoms with Crippen LogP contribution >= 0.6 is 0 Å². The molecule has 1 saturated heterocycles. The van der Waals surface area contributed by atoms with Crippen LogP contribution in [0.2, 0.25) is 0 Å². The second-order valence-corrected chi connectivity index (χ2v) is 4.80. The molecule has 0 aromatic heterocycles. The largest absolute Gasteiger partial charge is 0.370 e. The minimum atomic E-state index is -0.0269. The SMILES string of the molecule is O=C1C=CCCN1c1ccc(N2CCOCC2=O)cc1. The van der Waals surface area contributed by atoms with E-state index < -0.39 is 0 Å². The standard InChI is InChI=1S/C15H16N2O3/c18-14-3-1-2-8-16(14)12-4-6-13(7-5-12)17-9-10-20-11-15(17)19/h1,3-7H,2,8-11H2. The van der Waals surface area contributed by atoms with Crippen molar-refractivity contribution in [1.82, 2.24) is 0 Å². The van der Waals surface area contributed by atoms with Gasteiger partial charge in [-0.25, -0.2) is 0 Å². The Hall–Kier alpha value is -2.14. The summed E-state index contributed by atoms with van der Waals surface area (Å²) < 4.78 is 5.11. The zero-order valence-corrected chi connectivity index (χ0v) is 11.1. The van der Waals surface area contributed by atoms with E-state index in [1.165, 1.54) is 0 Å². The van der Waals surface area contributed by atoms with Crippen molar-refractivity contribution >= 4 is 23.2 Å². The lowest BCUT2D eigenvalue weighted by Gasteiger charge is -2.28. The fraction of sp³-hybridized carbons (Fsp3) is 0.333. The van der Waals surface area contributed by atoms with Crippen LogP contribution in [0.15, 0.2) is 36.4 Å². The van der Waals surface area contributed by atoms with Gasteiger partial charge in [0.1, 0.15) is 6.61 Å². The second-order valence-electron chi connectivity index (χ2n) is 4.80. The number of rotatable bonds is 2. The molecule has 2 heterocycles. The Balaban J connectivity index is 1.79. The normalized spacial score (nSPS) is 19.6. The highest BCUT2D eigenvalue weighted by molar-refractivity contribution is 6.02. The first kappa shape index (κ1) is 12.9. The zero-order valence-electron chi connectivity index (χ0n) is 11.1. The molecule has 0 atom stereocenters. The highest BCUT2D eigenvalue weighted by Gasteiger charge is 2.21. The van der Waals surface area contributed by atoms with Crippen LogP contribution in [0.1, 0.15) is 6.42 Å². The number of hydrogen-bond acceptors (Lipinski definition) is 3. The molecule has 2 aliphatic heterocycles. The number of nitrogens with zero attached hydrogens (tertiary/aromatic N) is 2. The molecule has 0 aliphatic carbocycles. The Kier molecular flexibility index (Phi) is 3.52. The maximum Gasteiger partial charge on any atom is 0.253 e. The van der Waals surface area contributed by atoms with Gasteiger partial charge in [-0.3, -0.25) is 9.59 Å². The van der Waals surface area contributed by atoms with Crippen molar-refractivity contribution < 1.29 is 14.3 Å². The lowest BCUT2D eigenvalue weighted by Crippen LogP contribution is -2.41. The van der Waals surface area contributed by atoms with Crippen LogP contribution < -0.4 is 9.80 Å². The summed E-state index contributed by atoms with van der Waals surface area (Å²) in [7, 11) is 0. The molecule has 0 unspecified atom stereocenters. The predicted octanol–water partition coefficient (Wildman–Crippen LogP) is 1.34. The third kappa shape index (κ3) is 2.44. The average molecular weight is 272 g/mol. The maximum atomic E-state index is 11.8. The molecule has 0 spiro atoms. The highest BCUT2D eigenvalue weighted by atomic mass is 16.5. The Morgan fingerprint density at radius 1 is 0.950 bits per heavy atom. The minimum Gasteiger partial charge on any atom is -0.370 e. The fourth-order valence-corrected chi connectivity index (χ4v) is 2.45. The number of hydrogen-bond donors (Lipinski definition) is 0. The summed E-state index contributed by atoms with van der Waals surface area (Å²) in [6.07, 6.45) is 4.36. The van der Waals surface area contributed by atoms with Crippen LogP contribution in [0, 0.1) is 0 Å². The summed E-state index contributed by atoms with van der Waals surface area (Å²) >= 11 is 0. The summed E-state index contributed by atoms with van der Waals surface area (Å²) in [5, 5.41) is 0. The monoisotopic (exact) mass is 272 g/mol. The van der Waals surface area contributed by atoms with Gasteiger partial charge in [0.2, 0.25) is 0 Å². The van der Waals surface area contributed by atoms with Crippen molar-refractivity contribution in [3.63, 3.8) is 0 Å². The summed E-state index contributed by atoms with van der Waals surface area (Å²) in [5.74, 6) is -0.0209. The van der Waals surface area contributed by atoms with Crippen LogP contribution in [0.3, 0.4) is 0 Å². The van der Waals surface area contributed by atoms with E-state index in [9.17, 15) is 9.59 Å². The van der Waals surface area contributed by atoms with E-state index in [-0.39, 0.29) is 18.4 Å². The number of morpholine rings is 1. The van der Waals surface area contributed by atoms with Crippen LogP contribution in [-0.4, -0.2) is 38.1 Å². The topological polar surface area (TPSA) is 49.9 Å². The summed E-state index contributed by atoms with van der Waals surface area (Å²) in [4.78, 5) is 27.0. The highest BCUT2D eigenvalue weighted by Crippen LogP contribution is 2.23. The number of amides is 2. The molecule has 1 fully saturated rings. The van der Waals surface area contributed by atoms with Gasteiger partial charge in [-0.05, 0) is 36.8 Å². The molecule has 5 heteroatoms. The third-order valence-corrected chi connectivity index (χ3v) is 3.50. The molecule has 0 radical (unpaired) electrons. The second kappa shape index (κ2) is 5.46. The first-order valence-corrected chi connectivity index (χ1v) is 6.72. The summed E-state index contributed by atoms with van der Waals surface area (Å²) in [5.41, 5.74) is 1.71. The van der Waals surface area contributed by atoms with Crippen molar-refractivity contribution in [1.29, 1.82) is 0 Å². The van der Waals surface area contributed by atoms with Crippen molar-refractivity contribution in [2.24, 2.45) is 0 Å². The Morgan fingerprint density at radius 2 is 1.65 bits per heavy atom. The van der Waals surface area contributed by atoms with Gasteiger partial charge in [-0.1, -0.05) is 6.08 Å². The van der Waals surface area contributed by atoms with Crippen LogP contribution in [-0.2, 0) is 14.3 Å². The van der Waals surface area contributed by atoms with Gasteiger partial charge >= 0.3 is 0 Å². The molecule has 5 nitrogen and oxygen atoms in total. The molecular formula is C15H16N2O3. The molecule has 2 amide bonds. The molecule has 1 aromatic rings. The van der Waals surface area contributed by atoms with E-state index in [1.54, 1.807) is 15.9 Å². The van der Waals surface area contributed by atoms with Crippen molar-refractivity contribution in [2.75, 3.05) is 36.1 Å². The molecule has 1 aromatic carbocycles. The van der Waals surface area contributed by atoms with Gasteiger partial charge in [-0.15, -0.1) is 0 Å². The molecule has 3 rings (SSSR count). The maximum absolute atomic E-state index is 11.8. The van der Waals surface area contributed by atoms with E-state index >= 15 is 0 Å². The Morgan fingerprint density at radius 3 is 2.30 bits per heavy atom. The number of carbonyl (C=O) groups excluding carboxylic acids is 2. The van der Waals surface area contributed by atoms with Gasteiger partial charge in [0.15, 0.2) is 0 Å². The molecular weight excluding hydrogens is 256 g/mol. The number of benzene rings is 1. The first-order valence-electron chi connectivity index (χ1n) is 6.72. The van der Waals surface area contributed by atoms with E-state index in [0.717, 1.165) is 17.8 Å². The van der Waals surface area contributed by atoms with Crippen LogP contribution in [0.5, 0.6) is 0 Å². The van der Waals surface area contributed by atoms with Crippen molar-refractivity contribution in [3.8, 4) is 0 Å². The van der Waals surface area contributed by atoms with E-state index in [2.05, 4.69) is 0 Å². The van der Waals surface area contributed by atoms with Gasteiger partial charge in [0, 0.05) is 24.5 Å². The summed E-state index contributed by atoms with van der Waals surface area (Å²) in [6.45, 7) is 1.97. The lowest BCUT2D eigenvalue weighted by atomic mass is 10.2. The number of ether oxygens (including phenoxy) is 1. The van der Waals surface area contributed by atoms with Gasteiger partial charge in [0.05, 0.1) is 6.61 Å².